The van der Waals surface area contributed by atoms with Gasteiger partial charge in [0.15, 0.2) is 0 Å². The average molecular weight is 142 g/mol. The normalized spacial score (nSPS) is 12.4. The van der Waals surface area contributed by atoms with Crippen LogP contribution in [0.25, 0.3) is 0 Å². The average Bonchev–Trinajstić information content (AvgIpc) is 1.87. The monoisotopic (exact) mass is 142 g/mol. The number of rotatable bonds is 0. The third kappa shape index (κ3) is 3.76. The Labute approximate surface area is 57.9 Å². The second-order valence-corrected chi connectivity index (χ2v) is 1.07. The molecule has 0 unspecified atom stereocenters. The van der Waals surface area contributed by atoms with Crippen LogP contribution in [0.4, 0.5) is 0 Å². The Hall–Kier alpha value is -1.20. The second kappa shape index (κ2) is 5.93. The van der Waals surface area contributed by atoms with E-state index in [0.29, 0.717) is 0 Å². The first-order valence-electron chi connectivity index (χ1n) is 1.73. The third-order valence-corrected chi connectivity index (χ3v) is 0.557. The molecule has 0 bridgehead atoms. The van der Waals surface area contributed by atoms with Gasteiger partial charge >= 0.3 is 19.4 Å². The van der Waals surface area contributed by atoms with Crippen LogP contribution in [0.2, 0.25) is 0 Å². The molecule has 0 atom stereocenters. The minimum atomic E-state index is -0.579. The first-order valence-corrected chi connectivity index (χ1v) is 1.73. The zero-order valence-electron chi connectivity index (χ0n) is 4.70. The van der Waals surface area contributed by atoms with Crippen molar-refractivity contribution in [1.82, 2.24) is 0 Å². The number of ether oxygens (including phenoxy) is 1. The number of carbonyl (C=O) groups excluding carboxylic acids is 2. The minimum Gasteiger partial charge on any atom is -2.00 e. The number of hydrogen-bond acceptors (Lipinski definition) is 3. The first-order chi connectivity index (χ1) is 3.29. The van der Waals surface area contributed by atoms with Crippen molar-refractivity contribution >= 4 is 11.9 Å². The standard InChI is InChI=1S/C4H2O3.C.2O/c5-3-1-2-4(6)7-3;;;/h1-2H;;;/q;+4;2*-2. The summed E-state index contributed by atoms with van der Waals surface area (Å²) in [7, 11) is 0. The molecule has 0 aromatic carbocycles. The Morgan fingerprint density at radius 2 is 1.30 bits per heavy atom. The molecule has 0 amide bonds. The molecule has 0 N–H and O–H groups in total. The molecular formula is C5H2O5. The molecule has 5 heteroatoms. The molecule has 0 aliphatic carbocycles. The zero-order valence-corrected chi connectivity index (χ0v) is 4.70. The van der Waals surface area contributed by atoms with Gasteiger partial charge in [0.2, 0.25) is 0 Å². The Balaban J connectivity index is -0.000000163. The first kappa shape index (κ1) is 15.9. The van der Waals surface area contributed by atoms with Crippen molar-refractivity contribution < 1.29 is 25.3 Å². The SMILES string of the molecule is O=C1C=CC(=O)O1.[C+4].[O-2].[O-2]. The van der Waals surface area contributed by atoms with Crippen LogP contribution in [0.3, 0.4) is 0 Å². The summed E-state index contributed by atoms with van der Waals surface area (Å²) in [5.41, 5.74) is 0. The summed E-state index contributed by atoms with van der Waals surface area (Å²) in [5.74, 6) is -1.16. The molecule has 0 saturated carbocycles. The van der Waals surface area contributed by atoms with Crippen LogP contribution < -0.4 is 0 Å². The number of esters is 2. The smallest absolute Gasteiger partial charge is 2.00 e. The molecule has 1 aliphatic rings. The van der Waals surface area contributed by atoms with Crippen molar-refractivity contribution in [2.75, 3.05) is 0 Å². The number of hydrogen-bond donors (Lipinski definition) is 0. The van der Waals surface area contributed by atoms with Crippen LogP contribution in [0.15, 0.2) is 12.2 Å². The summed E-state index contributed by atoms with van der Waals surface area (Å²) in [6.07, 6.45) is 2.17. The van der Waals surface area contributed by atoms with E-state index in [9.17, 15) is 9.59 Å². The Morgan fingerprint density at radius 1 is 1.00 bits per heavy atom. The van der Waals surface area contributed by atoms with Crippen LogP contribution in [-0.2, 0) is 25.3 Å². The summed E-state index contributed by atoms with van der Waals surface area (Å²) in [4.78, 5) is 19.8. The predicted octanol–water partition coefficient (Wildman–Crippen LogP) is -0.530. The Bertz CT molecular complexity index is 132. The fraction of sp³-hybridized carbons (Fsp3) is 0. The van der Waals surface area contributed by atoms with E-state index in [1.54, 1.807) is 0 Å². The van der Waals surface area contributed by atoms with Crippen LogP contribution in [0.5, 0.6) is 0 Å². The van der Waals surface area contributed by atoms with Crippen molar-refractivity contribution in [3.8, 4) is 0 Å². The summed E-state index contributed by atoms with van der Waals surface area (Å²) in [6, 6.07) is 0. The molecule has 1 aliphatic heterocycles. The van der Waals surface area contributed by atoms with Gasteiger partial charge in [0.25, 0.3) is 0 Å². The Kier molecular flexibility index (Phi) is 9.43. The fourth-order valence-corrected chi connectivity index (χ4v) is 0.303. The van der Waals surface area contributed by atoms with Gasteiger partial charge in [0.1, 0.15) is 0 Å². The molecule has 0 aromatic heterocycles. The number of cyclic esters (lactones) is 2. The van der Waals surface area contributed by atoms with E-state index in [1.807, 2.05) is 0 Å². The van der Waals surface area contributed by atoms with E-state index in [-0.39, 0.29) is 18.4 Å². The minimum absolute atomic E-state index is 0. The molecule has 1 heterocycles. The van der Waals surface area contributed by atoms with Gasteiger partial charge in [-0.1, -0.05) is 0 Å². The van der Waals surface area contributed by atoms with E-state index in [1.165, 1.54) is 0 Å². The molecule has 1 rings (SSSR count). The van der Waals surface area contributed by atoms with Gasteiger partial charge in [0, 0.05) is 12.2 Å². The van der Waals surface area contributed by atoms with E-state index in [0.717, 1.165) is 12.2 Å². The summed E-state index contributed by atoms with van der Waals surface area (Å²) in [6.45, 7) is 0. The summed E-state index contributed by atoms with van der Waals surface area (Å²) < 4.78 is 3.97. The maximum absolute atomic E-state index is 9.92. The molecule has 0 radical (unpaired) electrons. The summed E-state index contributed by atoms with van der Waals surface area (Å²) in [5, 5.41) is 0. The molecule has 0 fully saturated rings. The maximum Gasteiger partial charge on any atom is 4.00 e. The van der Waals surface area contributed by atoms with E-state index < -0.39 is 11.9 Å². The molecule has 52 valence electrons. The third-order valence-electron chi connectivity index (χ3n) is 0.557. The largest absolute Gasteiger partial charge is 4.00 e. The number of carbonyl (C=O) groups is 2. The molecular weight excluding hydrogens is 140 g/mol. The maximum atomic E-state index is 9.92. The van der Waals surface area contributed by atoms with Crippen molar-refractivity contribution in [2.24, 2.45) is 0 Å². The van der Waals surface area contributed by atoms with Crippen LogP contribution in [0.1, 0.15) is 0 Å². The fourth-order valence-electron chi connectivity index (χ4n) is 0.303. The van der Waals surface area contributed by atoms with Gasteiger partial charge in [-0.15, -0.1) is 0 Å². The Morgan fingerprint density at radius 3 is 1.40 bits per heavy atom. The van der Waals surface area contributed by atoms with E-state index in [2.05, 4.69) is 4.74 Å². The van der Waals surface area contributed by atoms with Crippen molar-refractivity contribution in [2.45, 2.75) is 0 Å². The van der Waals surface area contributed by atoms with Crippen LogP contribution >= 0.6 is 0 Å². The van der Waals surface area contributed by atoms with E-state index in [4.69, 9.17) is 0 Å². The molecule has 5 nitrogen and oxygen atoms in total. The van der Waals surface area contributed by atoms with Gasteiger partial charge < -0.3 is 15.7 Å². The van der Waals surface area contributed by atoms with Crippen molar-refractivity contribution in [3.05, 3.63) is 19.6 Å². The molecule has 0 aromatic rings. The molecule has 10 heavy (non-hydrogen) atoms. The van der Waals surface area contributed by atoms with Crippen LogP contribution in [-0.4, -0.2) is 11.9 Å². The molecule has 0 spiro atoms. The molecule has 0 saturated heterocycles. The van der Waals surface area contributed by atoms with Gasteiger partial charge in [-0.3, -0.25) is 0 Å². The van der Waals surface area contributed by atoms with Gasteiger partial charge in [-0.05, 0) is 0 Å². The van der Waals surface area contributed by atoms with Crippen molar-refractivity contribution in [1.29, 1.82) is 0 Å². The van der Waals surface area contributed by atoms with Gasteiger partial charge in [-0.2, -0.15) is 0 Å². The van der Waals surface area contributed by atoms with Crippen molar-refractivity contribution in [3.63, 3.8) is 0 Å². The zero-order chi connectivity index (χ0) is 5.28. The quantitative estimate of drug-likeness (QED) is 0.335. The van der Waals surface area contributed by atoms with Crippen LogP contribution in [0, 0.1) is 7.43 Å². The topological polar surface area (TPSA) is 100 Å². The summed E-state index contributed by atoms with van der Waals surface area (Å²) >= 11 is 0. The predicted molar refractivity (Wildman–Crippen MR) is 24.9 cm³/mol. The van der Waals surface area contributed by atoms with E-state index >= 15 is 0 Å². The van der Waals surface area contributed by atoms with Gasteiger partial charge in [-0.25, -0.2) is 9.59 Å². The van der Waals surface area contributed by atoms with Gasteiger partial charge in [0.05, 0.1) is 0 Å². The second-order valence-electron chi connectivity index (χ2n) is 1.07.